The van der Waals surface area contributed by atoms with E-state index in [1.165, 1.54) is 4.90 Å². The molecule has 0 aliphatic rings. The summed E-state index contributed by atoms with van der Waals surface area (Å²) in [5.74, 6) is -1.31. The van der Waals surface area contributed by atoms with Gasteiger partial charge in [0.2, 0.25) is 0 Å². The van der Waals surface area contributed by atoms with Gasteiger partial charge in [0.05, 0.1) is 12.0 Å². The molecule has 6 heteroatoms. The Morgan fingerprint density at radius 3 is 2.44 bits per heavy atom. The third-order valence-electron chi connectivity index (χ3n) is 2.56. The highest BCUT2D eigenvalue weighted by molar-refractivity contribution is 5.82. The summed E-state index contributed by atoms with van der Waals surface area (Å²) in [6, 6.07) is 0.751. The molecule has 0 aromatic carbocycles. The molecule has 0 saturated carbocycles. The lowest BCUT2D eigenvalue weighted by atomic mass is 10.1. The van der Waals surface area contributed by atoms with E-state index in [1.807, 2.05) is 13.0 Å². The third kappa shape index (κ3) is 5.53. The number of carbonyl (C=O) groups is 2. The number of nitriles is 1. The minimum absolute atomic E-state index is 0.273. The average molecular weight is 255 g/mol. The van der Waals surface area contributed by atoms with Gasteiger partial charge in [-0.2, -0.15) is 5.26 Å². The number of carboxylic acids is 1. The van der Waals surface area contributed by atoms with Crippen LogP contribution in [0.2, 0.25) is 0 Å². The molecule has 2 N–H and O–H groups in total. The number of aliphatic carboxylic acids is 1. The zero-order valence-corrected chi connectivity index (χ0v) is 11.1. The van der Waals surface area contributed by atoms with Crippen molar-refractivity contribution in [1.82, 2.24) is 10.2 Å². The molecule has 2 atom stereocenters. The van der Waals surface area contributed by atoms with Crippen LogP contribution in [0.5, 0.6) is 0 Å². The van der Waals surface area contributed by atoms with Crippen LogP contribution in [0.15, 0.2) is 0 Å². The van der Waals surface area contributed by atoms with Gasteiger partial charge in [-0.05, 0) is 20.3 Å². The average Bonchev–Trinajstić information content (AvgIpc) is 2.34. The number of hydrogen-bond donors (Lipinski definition) is 2. The highest BCUT2D eigenvalue weighted by Crippen LogP contribution is 2.02. The first-order valence-corrected chi connectivity index (χ1v) is 6.14. The maximum Gasteiger partial charge on any atom is 0.326 e. The van der Waals surface area contributed by atoms with Crippen molar-refractivity contribution in [2.45, 2.75) is 39.7 Å². The lowest BCUT2D eigenvalue weighted by molar-refractivity contribution is -0.139. The number of nitrogens with one attached hydrogen (secondary N) is 1. The molecule has 0 spiro atoms. The minimum atomic E-state index is -1.03. The Morgan fingerprint density at radius 1 is 1.44 bits per heavy atom. The number of hydrogen-bond acceptors (Lipinski definition) is 3. The molecule has 18 heavy (non-hydrogen) atoms. The number of carboxylic acid groups (broad SMARTS) is 1. The van der Waals surface area contributed by atoms with Crippen molar-refractivity contribution in [3.8, 4) is 6.07 Å². The molecule has 0 rings (SSSR count). The first-order valence-electron chi connectivity index (χ1n) is 6.14. The van der Waals surface area contributed by atoms with Crippen LogP contribution < -0.4 is 5.32 Å². The smallest absolute Gasteiger partial charge is 0.326 e. The predicted molar refractivity (Wildman–Crippen MR) is 66.9 cm³/mol. The van der Waals surface area contributed by atoms with E-state index in [9.17, 15) is 9.59 Å². The van der Waals surface area contributed by atoms with Crippen molar-refractivity contribution in [3.63, 3.8) is 0 Å². The lowest BCUT2D eigenvalue weighted by Crippen LogP contribution is -2.48. The SMILES string of the molecule is CCCC(NC(=O)N(CC)CC(C)C#N)C(=O)O. The van der Waals surface area contributed by atoms with E-state index in [1.54, 1.807) is 13.8 Å². The molecule has 2 unspecified atom stereocenters. The molecule has 0 saturated heterocycles. The maximum absolute atomic E-state index is 11.9. The van der Waals surface area contributed by atoms with Crippen molar-refractivity contribution in [2.75, 3.05) is 13.1 Å². The van der Waals surface area contributed by atoms with E-state index < -0.39 is 18.0 Å². The molecular weight excluding hydrogens is 234 g/mol. The fraction of sp³-hybridized carbons (Fsp3) is 0.750. The summed E-state index contributed by atoms with van der Waals surface area (Å²) in [6.07, 6.45) is 1.07. The van der Waals surface area contributed by atoms with Gasteiger partial charge in [0.1, 0.15) is 6.04 Å². The summed E-state index contributed by atoms with van der Waals surface area (Å²) in [5, 5.41) is 20.1. The van der Waals surface area contributed by atoms with Crippen LogP contribution >= 0.6 is 0 Å². The Bertz CT molecular complexity index is 325. The molecule has 0 aromatic heterocycles. The summed E-state index contributed by atoms with van der Waals surface area (Å²) in [7, 11) is 0. The summed E-state index contributed by atoms with van der Waals surface area (Å²) in [4.78, 5) is 24.2. The maximum atomic E-state index is 11.9. The van der Waals surface area contributed by atoms with Crippen molar-refractivity contribution >= 4 is 12.0 Å². The first kappa shape index (κ1) is 16.2. The fourth-order valence-electron chi connectivity index (χ4n) is 1.51. The van der Waals surface area contributed by atoms with Crippen LogP contribution in [-0.2, 0) is 4.79 Å². The van der Waals surface area contributed by atoms with E-state index in [0.29, 0.717) is 25.9 Å². The second kappa shape index (κ2) is 8.34. The van der Waals surface area contributed by atoms with Gasteiger partial charge in [-0.15, -0.1) is 0 Å². The van der Waals surface area contributed by atoms with Crippen LogP contribution in [0.4, 0.5) is 4.79 Å². The number of amides is 2. The molecule has 0 bridgehead atoms. The molecule has 0 aliphatic heterocycles. The molecule has 2 amide bonds. The normalized spacial score (nSPS) is 13.2. The van der Waals surface area contributed by atoms with Crippen LogP contribution in [-0.4, -0.2) is 41.1 Å². The Balaban J connectivity index is 4.50. The van der Waals surface area contributed by atoms with Gasteiger partial charge in [-0.25, -0.2) is 9.59 Å². The van der Waals surface area contributed by atoms with Crippen molar-refractivity contribution in [2.24, 2.45) is 5.92 Å². The zero-order chi connectivity index (χ0) is 14.1. The lowest BCUT2D eigenvalue weighted by Gasteiger charge is -2.24. The fourth-order valence-corrected chi connectivity index (χ4v) is 1.51. The minimum Gasteiger partial charge on any atom is -0.480 e. The van der Waals surface area contributed by atoms with E-state index in [0.717, 1.165) is 0 Å². The van der Waals surface area contributed by atoms with E-state index in [-0.39, 0.29) is 5.92 Å². The molecule has 0 aromatic rings. The Hall–Kier alpha value is -1.77. The van der Waals surface area contributed by atoms with Crippen molar-refractivity contribution in [3.05, 3.63) is 0 Å². The van der Waals surface area contributed by atoms with Gasteiger partial charge in [0.15, 0.2) is 0 Å². The van der Waals surface area contributed by atoms with Crippen LogP contribution in [0, 0.1) is 17.2 Å². The highest BCUT2D eigenvalue weighted by atomic mass is 16.4. The first-order chi connectivity index (χ1) is 8.46. The van der Waals surface area contributed by atoms with Gasteiger partial charge < -0.3 is 15.3 Å². The summed E-state index contributed by atoms with van der Waals surface area (Å²) < 4.78 is 0. The Labute approximate surface area is 108 Å². The topological polar surface area (TPSA) is 93.4 Å². The van der Waals surface area contributed by atoms with Gasteiger partial charge >= 0.3 is 12.0 Å². The Morgan fingerprint density at radius 2 is 2.06 bits per heavy atom. The van der Waals surface area contributed by atoms with Crippen LogP contribution in [0.3, 0.4) is 0 Å². The largest absolute Gasteiger partial charge is 0.480 e. The quantitative estimate of drug-likeness (QED) is 0.719. The molecule has 102 valence electrons. The zero-order valence-electron chi connectivity index (χ0n) is 11.1. The van der Waals surface area contributed by atoms with E-state index in [2.05, 4.69) is 5.32 Å². The molecule has 0 aliphatic carbocycles. The van der Waals surface area contributed by atoms with Crippen LogP contribution in [0.25, 0.3) is 0 Å². The van der Waals surface area contributed by atoms with E-state index >= 15 is 0 Å². The predicted octanol–water partition coefficient (Wildman–Crippen LogP) is 1.43. The summed E-state index contributed by atoms with van der Waals surface area (Å²) in [6.45, 7) is 6.11. The van der Waals surface area contributed by atoms with Crippen molar-refractivity contribution < 1.29 is 14.7 Å². The number of rotatable bonds is 7. The summed E-state index contributed by atoms with van der Waals surface area (Å²) >= 11 is 0. The van der Waals surface area contributed by atoms with Gasteiger partial charge in [0, 0.05) is 13.1 Å². The molecule has 6 nitrogen and oxygen atoms in total. The van der Waals surface area contributed by atoms with Gasteiger partial charge in [0.25, 0.3) is 0 Å². The monoisotopic (exact) mass is 255 g/mol. The second-order valence-corrected chi connectivity index (χ2v) is 4.20. The van der Waals surface area contributed by atoms with Gasteiger partial charge in [-0.3, -0.25) is 0 Å². The standard InChI is InChI=1S/C12H21N3O3/c1-4-6-10(11(16)17)14-12(18)15(5-2)8-9(3)7-13/h9-10H,4-6,8H2,1-3H3,(H,14,18)(H,16,17). The number of nitrogens with zero attached hydrogens (tertiary/aromatic N) is 2. The van der Waals surface area contributed by atoms with E-state index in [4.69, 9.17) is 10.4 Å². The second-order valence-electron chi connectivity index (χ2n) is 4.20. The number of urea groups is 1. The summed E-state index contributed by atoms with van der Waals surface area (Å²) in [5.41, 5.74) is 0. The Kier molecular flexibility index (Phi) is 7.52. The molecule has 0 fully saturated rings. The number of carbonyl (C=O) groups excluding carboxylic acids is 1. The molecular formula is C12H21N3O3. The molecule has 0 radical (unpaired) electrons. The van der Waals surface area contributed by atoms with Gasteiger partial charge in [-0.1, -0.05) is 13.3 Å². The highest BCUT2D eigenvalue weighted by Gasteiger charge is 2.22. The van der Waals surface area contributed by atoms with Crippen molar-refractivity contribution in [1.29, 1.82) is 5.26 Å². The third-order valence-corrected chi connectivity index (χ3v) is 2.56. The van der Waals surface area contributed by atoms with Crippen LogP contribution in [0.1, 0.15) is 33.6 Å². The molecule has 0 heterocycles.